The molecule has 0 fully saturated rings. The number of carboxylic acid groups (broad SMARTS) is 1. The van der Waals surface area contributed by atoms with Crippen molar-refractivity contribution in [2.75, 3.05) is 27.3 Å². The maximum absolute atomic E-state index is 13.6. The third kappa shape index (κ3) is 14.2. The Labute approximate surface area is 449 Å². The Bertz CT molecular complexity index is 3330. The summed E-state index contributed by atoms with van der Waals surface area (Å²) < 4.78 is 152. The maximum Gasteiger partial charge on any atom is 0.416 e. The van der Waals surface area contributed by atoms with Crippen LogP contribution in [0.15, 0.2) is 132 Å². The van der Waals surface area contributed by atoms with E-state index < -0.39 is 79.8 Å². The second-order valence-electron chi connectivity index (χ2n) is 19.7. The van der Waals surface area contributed by atoms with Crippen LogP contribution >= 0.6 is 0 Å². The van der Waals surface area contributed by atoms with E-state index in [1.54, 1.807) is 45.0 Å². The second kappa shape index (κ2) is 24.0. The number of ether oxygens (including phenoxy) is 3. The SMILES string of the molecule is CN(C1CCCCc2c(OCC(=O)O)cccc21)S(=O)(=O)c1ccc(-c2cccc(C(F)(F)F)c2)cn1.CN(C1CCCCc2c(OCC(=O)OC(C)(C)C)cccc21)S(=O)(=O)c1ccc(-c2cccc(C(F)(F)F)c2)cn1. The molecule has 2 aliphatic carbocycles. The Kier molecular flexibility index (Phi) is 18.1. The zero-order valence-electron chi connectivity index (χ0n) is 43.3. The van der Waals surface area contributed by atoms with Crippen LogP contribution in [0.5, 0.6) is 11.5 Å². The highest BCUT2D eigenvalue weighted by molar-refractivity contribution is 7.89. The number of pyridine rings is 2. The number of carbonyl (C=O) groups is 2. The number of carboxylic acids is 1. The molecule has 14 nitrogen and oxygen atoms in total. The molecule has 8 rings (SSSR count). The lowest BCUT2D eigenvalue weighted by molar-refractivity contribution is -0.157. The summed E-state index contributed by atoms with van der Waals surface area (Å²) in [6.45, 7) is 4.54. The summed E-state index contributed by atoms with van der Waals surface area (Å²) in [5.74, 6) is -0.683. The highest BCUT2D eigenvalue weighted by Gasteiger charge is 2.36. The molecule has 1 N–H and O–H groups in total. The van der Waals surface area contributed by atoms with Crippen LogP contribution < -0.4 is 9.47 Å². The van der Waals surface area contributed by atoms with Gasteiger partial charge in [0.2, 0.25) is 0 Å². The van der Waals surface area contributed by atoms with Gasteiger partial charge in [-0.05, 0) is 153 Å². The molecule has 4 aromatic carbocycles. The first-order valence-electron chi connectivity index (χ1n) is 24.8. The van der Waals surface area contributed by atoms with Crippen molar-refractivity contribution in [3.63, 3.8) is 0 Å². The summed E-state index contributed by atoms with van der Waals surface area (Å²) in [6, 6.07) is 24.5. The fourth-order valence-electron chi connectivity index (χ4n) is 9.38. The van der Waals surface area contributed by atoms with Crippen LogP contribution in [0.25, 0.3) is 22.3 Å². The number of aliphatic carboxylic acids is 1. The van der Waals surface area contributed by atoms with Crippen molar-refractivity contribution in [2.45, 2.75) is 112 Å². The van der Waals surface area contributed by atoms with E-state index in [0.29, 0.717) is 48.3 Å². The van der Waals surface area contributed by atoms with Crippen molar-refractivity contribution in [1.29, 1.82) is 0 Å². The number of aromatic nitrogens is 2. The molecular formula is C56H58F6N4O10S2. The molecule has 78 heavy (non-hydrogen) atoms. The highest BCUT2D eigenvalue weighted by Crippen LogP contribution is 2.42. The minimum Gasteiger partial charge on any atom is -0.482 e. The van der Waals surface area contributed by atoms with Gasteiger partial charge in [-0.25, -0.2) is 36.4 Å². The largest absolute Gasteiger partial charge is 0.482 e. The highest BCUT2D eigenvalue weighted by atomic mass is 32.2. The van der Waals surface area contributed by atoms with Gasteiger partial charge in [-0.2, -0.15) is 35.0 Å². The minimum absolute atomic E-state index is 0.209. The van der Waals surface area contributed by atoms with E-state index in [4.69, 9.17) is 19.3 Å². The standard InChI is InChI=1S/C30H33F3N2O5S.C26H25F3N2O5S/c1-29(2,3)40-28(36)19-39-26-14-8-12-23-24(26)11-5-6-13-25(23)35(4)41(37,38)27-16-15-21(18-34-27)20-9-7-10-22(17-20)30(31,32)33;1-31(22-10-3-2-8-21-20(22)9-5-11-23(21)36-16-25(32)33)37(34,35)24-13-12-18(15-30-24)17-6-4-7-19(14-17)26(27,28)29/h7-10,12,14-18,25H,5-6,11,13,19H2,1-4H3;4-7,9,11-15,22H,2-3,8,10,16H2,1H3,(H,32,33). The van der Waals surface area contributed by atoms with Gasteiger partial charge in [0, 0.05) is 37.6 Å². The maximum atomic E-state index is 13.6. The van der Waals surface area contributed by atoms with E-state index in [-0.39, 0.29) is 27.8 Å². The summed E-state index contributed by atoms with van der Waals surface area (Å²) in [5.41, 5.74) is 2.17. The molecule has 0 amide bonds. The lowest BCUT2D eigenvalue weighted by Crippen LogP contribution is -2.32. The number of esters is 1. The average Bonchev–Trinajstić information content (AvgIpc) is 3.78. The number of sulfonamides is 2. The Morgan fingerprint density at radius 1 is 0.577 bits per heavy atom. The molecule has 2 aromatic heterocycles. The van der Waals surface area contributed by atoms with Gasteiger partial charge in [-0.15, -0.1) is 0 Å². The molecule has 0 bridgehead atoms. The molecule has 2 atom stereocenters. The van der Waals surface area contributed by atoms with Gasteiger partial charge < -0.3 is 19.3 Å². The van der Waals surface area contributed by atoms with Crippen LogP contribution in [0.2, 0.25) is 0 Å². The molecule has 0 saturated heterocycles. The number of fused-ring (bicyclic) bond motifs is 2. The van der Waals surface area contributed by atoms with E-state index in [2.05, 4.69) is 9.97 Å². The summed E-state index contributed by atoms with van der Waals surface area (Å²) >= 11 is 0. The molecule has 0 spiro atoms. The smallest absolute Gasteiger partial charge is 0.416 e. The first kappa shape index (κ1) is 58.8. The molecule has 416 valence electrons. The first-order valence-corrected chi connectivity index (χ1v) is 27.7. The number of halogens is 6. The van der Waals surface area contributed by atoms with Gasteiger partial charge >= 0.3 is 24.3 Å². The number of hydrogen-bond acceptors (Lipinski definition) is 11. The quantitative estimate of drug-likeness (QED) is 0.0620. The van der Waals surface area contributed by atoms with Gasteiger partial charge in [-0.1, -0.05) is 61.4 Å². The van der Waals surface area contributed by atoms with E-state index in [1.807, 2.05) is 12.1 Å². The zero-order valence-corrected chi connectivity index (χ0v) is 44.9. The first-order chi connectivity index (χ1) is 36.6. The molecule has 0 radical (unpaired) electrons. The van der Waals surface area contributed by atoms with Crippen LogP contribution in [0.4, 0.5) is 26.3 Å². The van der Waals surface area contributed by atoms with Crippen molar-refractivity contribution in [3.05, 3.63) is 155 Å². The lowest BCUT2D eigenvalue weighted by Gasteiger charge is -2.28. The van der Waals surface area contributed by atoms with Crippen LogP contribution in [-0.2, 0) is 59.6 Å². The third-order valence-electron chi connectivity index (χ3n) is 13.2. The average molecular weight is 1130 g/mol. The normalized spacial score (nSPS) is 16.2. The molecule has 0 saturated carbocycles. The van der Waals surface area contributed by atoms with Crippen molar-refractivity contribution in [2.24, 2.45) is 0 Å². The number of carbonyl (C=O) groups excluding carboxylic acids is 1. The van der Waals surface area contributed by atoms with Crippen LogP contribution in [0.3, 0.4) is 0 Å². The summed E-state index contributed by atoms with van der Waals surface area (Å²) in [4.78, 5) is 31.4. The third-order valence-corrected chi connectivity index (χ3v) is 16.7. The fraction of sp³-hybridized carbons (Fsp3) is 0.357. The van der Waals surface area contributed by atoms with Gasteiger partial charge in [-0.3, -0.25) is 0 Å². The van der Waals surface area contributed by atoms with E-state index in [0.717, 1.165) is 72.2 Å². The molecule has 2 heterocycles. The van der Waals surface area contributed by atoms with Gasteiger partial charge in [0.05, 0.1) is 23.2 Å². The predicted octanol–water partition coefficient (Wildman–Crippen LogP) is 11.9. The Morgan fingerprint density at radius 2 is 0.987 bits per heavy atom. The Balaban J connectivity index is 0.000000227. The van der Waals surface area contributed by atoms with E-state index >= 15 is 0 Å². The van der Waals surface area contributed by atoms with Crippen LogP contribution in [0.1, 0.15) is 105 Å². The van der Waals surface area contributed by atoms with Gasteiger partial charge in [0.15, 0.2) is 23.3 Å². The summed E-state index contributed by atoms with van der Waals surface area (Å²) in [6.07, 6.45) is -0.959. The Morgan fingerprint density at radius 3 is 1.36 bits per heavy atom. The van der Waals surface area contributed by atoms with Crippen molar-refractivity contribution >= 4 is 32.0 Å². The van der Waals surface area contributed by atoms with Crippen LogP contribution in [0, 0.1) is 0 Å². The molecule has 0 aliphatic heterocycles. The number of hydrogen-bond donors (Lipinski definition) is 1. The molecule has 2 unspecified atom stereocenters. The number of benzene rings is 4. The number of nitrogens with zero attached hydrogens (tertiary/aromatic N) is 4. The Hall–Kier alpha value is -6.88. The van der Waals surface area contributed by atoms with Crippen molar-refractivity contribution in [3.8, 4) is 33.8 Å². The molecular weight excluding hydrogens is 1070 g/mol. The molecule has 2 aliphatic rings. The van der Waals surface area contributed by atoms with Gasteiger partial charge in [0.25, 0.3) is 20.0 Å². The molecule has 22 heteroatoms. The summed E-state index contributed by atoms with van der Waals surface area (Å²) in [7, 11) is -5.17. The monoisotopic (exact) mass is 1120 g/mol. The second-order valence-corrected chi connectivity index (χ2v) is 23.6. The predicted molar refractivity (Wildman–Crippen MR) is 277 cm³/mol. The minimum atomic E-state index is -4.50. The zero-order chi connectivity index (χ0) is 56.8. The molecule has 6 aromatic rings. The lowest BCUT2D eigenvalue weighted by atomic mass is 9.98. The number of rotatable bonds is 14. The van der Waals surface area contributed by atoms with Crippen LogP contribution in [-0.4, -0.2) is 85.4 Å². The topological polar surface area (TPSA) is 183 Å². The number of alkyl halides is 6. The van der Waals surface area contributed by atoms with E-state index in [9.17, 15) is 52.8 Å². The fourth-order valence-corrected chi connectivity index (χ4v) is 11.9. The van der Waals surface area contributed by atoms with E-state index in [1.165, 1.54) is 83.6 Å². The van der Waals surface area contributed by atoms with Gasteiger partial charge in [0.1, 0.15) is 17.1 Å². The van der Waals surface area contributed by atoms with Crippen molar-refractivity contribution in [1.82, 2.24) is 18.6 Å². The summed E-state index contributed by atoms with van der Waals surface area (Å²) in [5, 5.41) is 8.54. The van der Waals surface area contributed by atoms with Crippen molar-refractivity contribution < 1.29 is 72.1 Å².